The highest BCUT2D eigenvalue weighted by atomic mass is 35.5. The second kappa shape index (κ2) is 7.74. The van der Waals surface area contributed by atoms with E-state index in [1.54, 1.807) is 31.4 Å². The van der Waals surface area contributed by atoms with E-state index in [0.717, 1.165) is 33.5 Å². The number of carbonyl (C=O) groups excluding carboxylic acids is 2. The summed E-state index contributed by atoms with van der Waals surface area (Å²) in [4.78, 5) is 26.5. The lowest BCUT2D eigenvalue weighted by Gasteiger charge is -2.14. The molecule has 0 spiro atoms. The number of carbonyl (C=O) groups is 2. The van der Waals surface area contributed by atoms with Gasteiger partial charge in [0.2, 0.25) is 0 Å². The fraction of sp³-hybridized carbons (Fsp3) is 0.158. The van der Waals surface area contributed by atoms with Crippen molar-refractivity contribution < 1.29 is 14.3 Å². The average molecular weight is 408 g/mol. The number of amides is 2. The van der Waals surface area contributed by atoms with Gasteiger partial charge in [-0.1, -0.05) is 41.4 Å². The fourth-order valence-electron chi connectivity index (χ4n) is 2.56. The smallest absolute Gasteiger partial charge is 0.293 e. The SMILES string of the molecule is COc1cc(/C=C2/SC(=O)N(Cc3c(Cl)cccc3Cl)C2=O)ccc1C. The molecule has 26 heavy (non-hydrogen) atoms. The minimum atomic E-state index is -0.365. The zero-order chi connectivity index (χ0) is 18.8. The fourth-order valence-corrected chi connectivity index (χ4v) is 3.91. The summed E-state index contributed by atoms with van der Waals surface area (Å²) in [5, 5.41) is 0.490. The molecule has 2 amide bonds. The molecule has 1 fully saturated rings. The minimum absolute atomic E-state index is 0.0394. The summed E-state index contributed by atoms with van der Waals surface area (Å²) in [6, 6.07) is 10.7. The van der Waals surface area contributed by atoms with E-state index in [-0.39, 0.29) is 17.7 Å². The number of halogens is 2. The quantitative estimate of drug-likeness (QED) is 0.623. The van der Waals surface area contributed by atoms with Gasteiger partial charge in [0.25, 0.3) is 11.1 Å². The van der Waals surface area contributed by atoms with Crippen LogP contribution in [0.2, 0.25) is 10.0 Å². The summed E-state index contributed by atoms with van der Waals surface area (Å²) in [6.07, 6.45) is 1.68. The lowest BCUT2D eigenvalue weighted by molar-refractivity contribution is -0.123. The molecule has 0 bridgehead atoms. The molecular weight excluding hydrogens is 393 g/mol. The van der Waals surface area contributed by atoms with Crippen molar-refractivity contribution in [3.8, 4) is 5.75 Å². The zero-order valence-corrected chi connectivity index (χ0v) is 16.4. The Morgan fingerprint density at radius 3 is 2.50 bits per heavy atom. The van der Waals surface area contributed by atoms with Crippen molar-refractivity contribution >= 4 is 52.2 Å². The number of rotatable bonds is 4. The highest BCUT2D eigenvalue weighted by molar-refractivity contribution is 8.18. The van der Waals surface area contributed by atoms with E-state index in [4.69, 9.17) is 27.9 Å². The van der Waals surface area contributed by atoms with Crippen LogP contribution >= 0.6 is 35.0 Å². The first-order valence-corrected chi connectivity index (χ1v) is 9.31. The first-order chi connectivity index (χ1) is 12.4. The van der Waals surface area contributed by atoms with Crippen LogP contribution in [0, 0.1) is 6.92 Å². The third kappa shape index (κ3) is 3.75. The van der Waals surface area contributed by atoms with Crippen molar-refractivity contribution in [3.63, 3.8) is 0 Å². The van der Waals surface area contributed by atoms with Gasteiger partial charge in [-0.3, -0.25) is 14.5 Å². The molecule has 0 unspecified atom stereocenters. The number of nitrogens with zero attached hydrogens (tertiary/aromatic N) is 1. The minimum Gasteiger partial charge on any atom is -0.496 e. The third-order valence-electron chi connectivity index (χ3n) is 3.98. The van der Waals surface area contributed by atoms with E-state index in [1.165, 1.54) is 0 Å². The Morgan fingerprint density at radius 2 is 1.85 bits per heavy atom. The molecule has 7 heteroatoms. The zero-order valence-electron chi connectivity index (χ0n) is 14.1. The first-order valence-electron chi connectivity index (χ1n) is 7.73. The number of imide groups is 1. The molecule has 134 valence electrons. The molecule has 0 aromatic heterocycles. The monoisotopic (exact) mass is 407 g/mol. The third-order valence-corrected chi connectivity index (χ3v) is 5.60. The molecule has 0 N–H and O–H groups in total. The van der Waals surface area contributed by atoms with Gasteiger partial charge in [-0.15, -0.1) is 0 Å². The Balaban J connectivity index is 1.87. The Hall–Kier alpha value is -1.95. The van der Waals surface area contributed by atoms with Crippen LogP contribution in [0.25, 0.3) is 6.08 Å². The summed E-state index contributed by atoms with van der Waals surface area (Å²) in [5.41, 5.74) is 2.33. The van der Waals surface area contributed by atoms with Gasteiger partial charge in [0.15, 0.2) is 0 Å². The Kier molecular flexibility index (Phi) is 5.61. The molecule has 2 aromatic carbocycles. The summed E-state index contributed by atoms with van der Waals surface area (Å²) in [6.45, 7) is 1.97. The van der Waals surface area contributed by atoms with Crippen LogP contribution in [-0.4, -0.2) is 23.2 Å². The molecule has 0 aliphatic carbocycles. The van der Waals surface area contributed by atoms with Crippen LogP contribution in [-0.2, 0) is 11.3 Å². The molecule has 0 atom stereocenters. The number of ether oxygens (including phenoxy) is 1. The van der Waals surface area contributed by atoms with Crippen molar-refractivity contribution in [2.45, 2.75) is 13.5 Å². The Bertz CT molecular complexity index is 907. The van der Waals surface area contributed by atoms with Crippen LogP contribution in [0.5, 0.6) is 5.75 Å². The molecule has 0 saturated carbocycles. The van der Waals surface area contributed by atoms with E-state index in [9.17, 15) is 9.59 Å². The van der Waals surface area contributed by atoms with Crippen molar-refractivity contribution in [3.05, 3.63) is 68.0 Å². The highest BCUT2D eigenvalue weighted by Gasteiger charge is 2.35. The normalized spacial score (nSPS) is 15.8. The van der Waals surface area contributed by atoms with Crippen molar-refractivity contribution in [1.29, 1.82) is 0 Å². The van der Waals surface area contributed by atoms with Gasteiger partial charge in [-0.05, 0) is 54.1 Å². The average Bonchev–Trinajstić information content (AvgIpc) is 2.87. The van der Waals surface area contributed by atoms with Crippen LogP contribution in [0.1, 0.15) is 16.7 Å². The molecule has 2 aromatic rings. The van der Waals surface area contributed by atoms with E-state index < -0.39 is 0 Å². The maximum absolute atomic E-state index is 12.7. The van der Waals surface area contributed by atoms with Gasteiger partial charge >= 0.3 is 0 Å². The summed E-state index contributed by atoms with van der Waals surface area (Å²) >= 11 is 13.2. The van der Waals surface area contributed by atoms with Gasteiger partial charge in [-0.25, -0.2) is 0 Å². The second-order valence-electron chi connectivity index (χ2n) is 5.70. The number of methoxy groups -OCH3 is 1. The predicted octanol–water partition coefficient (Wildman–Crippen LogP) is 5.55. The maximum atomic E-state index is 12.7. The van der Waals surface area contributed by atoms with Gasteiger partial charge in [-0.2, -0.15) is 0 Å². The Morgan fingerprint density at radius 1 is 1.15 bits per heavy atom. The van der Waals surface area contributed by atoms with E-state index >= 15 is 0 Å². The second-order valence-corrected chi connectivity index (χ2v) is 7.50. The molecule has 1 saturated heterocycles. The lowest BCUT2D eigenvalue weighted by atomic mass is 10.1. The number of aryl methyl sites for hydroxylation is 1. The summed E-state index contributed by atoms with van der Waals surface area (Å²) in [5.74, 6) is 0.358. The molecule has 1 heterocycles. The lowest BCUT2D eigenvalue weighted by Crippen LogP contribution is -2.27. The summed E-state index contributed by atoms with van der Waals surface area (Å²) in [7, 11) is 1.59. The van der Waals surface area contributed by atoms with E-state index in [2.05, 4.69) is 0 Å². The predicted molar refractivity (Wildman–Crippen MR) is 106 cm³/mol. The molecule has 0 radical (unpaired) electrons. The van der Waals surface area contributed by atoms with Crippen molar-refractivity contribution in [1.82, 2.24) is 4.90 Å². The Labute approximate surface area is 165 Å². The van der Waals surface area contributed by atoms with Crippen LogP contribution in [0.3, 0.4) is 0 Å². The highest BCUT2D eigenvalue weighted by Crippen LogP contribution is 2.36. The number of thioether (sulfide) groups is 1. The number of benzene rings is 2. The van der Waals surface area contributed by atoms with E-state index in [0.29, 0.717) is 20.5 Å². The maximum Gasteiger partial charge on any atom is 0.293 e. The number of hydrogen-bond acceptors (Lipinski definition) is 4. The van der Waals surface area contributed by atoms with Gasteiger partial charge < -0.3 is 4.74 Å². The van der Waals surface area contributed by atoms with Crippen LogP contribution in [0.4, 0.5) is 4.79 Å². The number of hydrogen-bond donors (Lipinski definition) is 0. The van der Waals surface area contributed by atoms with Crippen molar-refractivity contribution in [2.75, 3.05) is 7.11 Å². The van der Waals surface area contributed by atoms with Crippen molar-refractivity contribution in [2.24, 2.45) is 0 Å². The topological polar surface area (TPSA) is 46.6 Å². The molecule has 1 aliphatic heterocycles. The van der Waals surface area contributed by atoms with Gasteiger partial charge in [0.1, 0.15) is 5.75 Å². The van der Waals surface area contributed by atoms with Crippen LogP contribution in [0.15, 0.2) is 41.3 Å². The van der Waals surface area contributed by atoms with Crippen LogP contribution < -0.4 is 4.74 Å². The van der Waals surface area contributed by atoms with E-state index in [1.807, 2.05) is 25.1 Å². The van der Waals surface area contributed by atoms with Gasteiger partial charge in [0, 0.05) is 15.6 Å². The molecule has 4 nitrogen and oxygen atoms in total. The summed E-state index contributed by atoms with van der Waals surface area (Å²) < 4.78 is 5.30. The molecule has 1 aliphatic rings. The molecule has 3 rings (SSSR count). The van der Waals surface area contributed by atoms with Gasteiger partial charge in [0.05, 0.1) is 18.6 Å². The largest absolute Gasteiger partial charge is 0.496 e. The first kappa shape index (κ1) is 18.8. The molecular formula is C19H15Cl2NO3S. The standard InChI is InChI=1S/C19H15Cl2NO3S/c1-11-6-7-12(8-16(11)25-2)9-17-18(23)22(19(24)26-17)10-13-14(20)4-3-5-15(13)21/h3-9H,10H2,1-2H3/b17-9+.